The first-order valence-electron chi connectivity index (χ1n) is 9.14. The lowest BCUT2D eigenvalue weighted by molar-refractivity contribution is -0.0498. The van der Waals surface area contributed by atoms with Gasteiger partial charge in [0.1, 0.15) is 5.75 Å². The monoisotopic (exact) mass is 416 g/mol. The highest BCUT2D eigenvalue weighted by Gasteiger charge is 2.31. The van der Waals surface area contributed by atoms with E-state index in [-0.39, 0.29) is 11.5 Å². The molecule has 0 bridgehead atoms. The molecule has 6 nitrogen and oxygen atoms in total. The maximum atomic E-state index is 12.8. The van der Waals surface area contributed by atoms with E-state index in [2.05, 4.69) is 24.5 Å². The second-order valence-electron chi connectivity index (χ2n) is 6.67. The van der Waals surface area contributed by atoms with Gasteiger partial charge in [0.15, 0.2) is 16.8 Å². The van der Waals surface area contributed by atoms with Crippen molar-refractivity contribution in [3.05, 3.63) is 54.4 Å². The molecule has 29 heavy (non-hydrogen) atoms. The highest BCUT2D eigenvalue weighted by Crippen LogP contribution is 2.41. The Kier molecular flexibility index (Phi) is 5.57. The number of pyridine rings is 1. The van der Waals surface area contributed by atoms with Gasteiger partial charge in [-0.1, -0.05) is 11.8 Å². The van der Waals surface area contributed by atoms with E-state index in [1.807, 2.05) is 12.1 Å². The SMILES string of the molecule is C[C@@H](Sc1nnc(-c2ccncc2)n1C1CC1)C(=O)c1ccc(OC(F)F)cc1. The topological polar surface area (TPSA) is 69.9 Å². The van der Waals surface area contributed by atoms with Crippen molar-refractivity contribution in [3.63, 3.8) is 0 Å². The highest BCUT2D eigenvalue weighted by atomic mass is 32.2. The Labute approximate surface area is 170 Å². The van der Waals surface area contributed by atoms with E-state index in [0.717, 1.165) is 24.2 Å². The van der Waals surface area contributed by atoms with Gasteiger partial charge in [0, 0.05) is 29.6 Å². The summed E-state index contributed by atoms with van der Waals surface area (Å²) in [5, 5.41) is 8.93. The first-order valence-corrected chi connectivity index (χ1v) is 10.0. The zero-order valence-electron chi connectivity index (χ0n) is 15.5. The minimum absolute atomic E-state index is 0.0207. The lowest BCUT2D eigenvalue weighted by Crippen LogP contribution is -2.15. The van der Waals surface area contributed by atoms with E-state index < -0.39 is 11.9 Å². The van der Waals surface area contributed by atoms with Gasteiger partial charge in [0.2, 0.25) is 0 Å². The van der Waals surface area contributed by atoms with Crippen molar-refractivity contribution in [1.29, 1.82) is 0 Å². The van der Waals surface area contributed by atoms with Crippen LogP contribution in [-0.4, -0.2) is 37.4 Å². The summed E-state index contributed by atoms with van der Waals surface area (Å²) in [4.78, 5) is 16.8. The molecule has 0 aliphatic heterocycles. The Hall–Kier alpha value is -2.81. The number of carbonyl (C=O) groups excluding carboxylic acids is 1. The number of hydrogen-bond acceptors (Lipinski definition) is 6. The zero-order chi connectivity index (χ0) is 20.4. The zero-order valence-corrected chi connectivity index (χ0v) is 16.4. The van der Waals surface area contributed by atoms with Gasteiger partial charge >= 0.3 is 6.61 Å². The van der Waals surface area contributed by atoms with Crippen LogP contribution in [0.15, 0.2) is 53.9 Å². The average Bonchev–Trinajstić information content (AvgIpc) is 3.48. The minimum Gasteiger partial charge on any atom is -0.435 e. The van der Waals surface area contributed by atoms with Crippen LogP contribution in [-0.2, 0) is 0 Å². The van der Waals surface area contributed by atoms with Crippen molar-refractivity contribution in [3.8, 4) is 17.1 Å². The second kappa shape index (κ2) is 8.28. The Morgan fingerprint density at radius 2 is 1.83 bits per heavy atom. The fourth-order valence-corrected chi connectivity index (χ4v) is 3.96. The van der Waals surface area contributed by atoms with Gasteiger partial charge in [-0.15, -0.1) is 10.2 Å². The van der Waals surface area contributed by atoms with Gasteiger partial charge in [-0.25, -0.2) is 0 Å². The maximum absolute atomic E-state index is 12.8. The van der Waals surface area contributed by atoms with Crippen LogP contribution in [0, 0.1) is 0 Å². The van der Waals surface area contributed by atoms with Gasteiger partial charge < -0.3 is 4.74 Å². The number of halogens is 2. The summed E-state index contributed by atoms with van der Waals surface area (Å²) in [5.41, 5.74) is 1.36. The molecule has 1 aliphatic carbocycles. The lowest BCUT2D eigenvalue weighted by Gasteiger charge is -2.13. The number of carbonyl (C=O) groups is 1. The summed E-state index contributed by atoms with van der Waals surface area (Å²) in [6.07, 6.45) is 5.53. The lowest BCUT2D eigenvalue weighted by atomic mass is 10.1. The largest absolute Gasteiger partial charge is 0.435 e. The number of hydrogen-bond donors (Lipinski definition) is 0. The molecular weight excluding hydrogens is 398 g/mol. The van der Waals surface area contributed by atoms with E-state index in [4.69, 9.17) is 0 Å². The van der Waals surface area contributed by atoms with E-state index >= 15 is 0 Å². The summed E-state index contributed by atoms with van der Waals surface area (Å²) in [6.45, 7) is -1.09. The van der Waals surface area contributed by atoms with Crippen LogP contribution in [0.4, 0.5) is 8.78 Å². The van der Waals surface area contributed by atoms with Gasteiger partial charge in [-0.2, -0.15) is 8.78 Å². The minimum atomic E-state index is -2.89. The molecule has 1 saturated carbocycles. The van der Waals surface area contributed by atoms with Crippen LogP contribution < -0.4 is 4.74 Å². The molecule has 0 unspecified atom stereocenters. The van der Waals surface area contributed by atoms with Crippen molar-refractivity contribution < 1.29 is 18.3 Å². The Bertz CT molecular complexity index is 991. The van der Waals surface area contributed by atoms with Gasteiger partial charge in [0.05, 0.1) is 5.25 Å². The van der Waals surface area contributed by atoms with Crippen molar-refractivity contribution in [2.75, 3.05) is 0 Å². The summed E-state index contributed by atoms with van der Waals surface area (Å²) in [5.74, 6) is 0.673. The molecule has 150 valence electrons. The molecule has 1 aromatic carbocycles. The molecule has 1 aliphatic rings. The van der Waals surface area contributed by atoms with E-state index in [0.29, 0.717) is 16.8 Å². The van der Waals surface area contributed by atoms with Crippen LogP contribution in [0.5, 0.6) is 5.75 Å². The van der Waals surface area contributed by atoms with Crippen molar-refractivity contribution in [2.45, 2.75) is 42.8 Å². The van der Waals surface area contributed by atoms with Crippen LogP contribution >= 0.6 is 11.8 Å². The van der Waals surface area contributed by atoms with Crippen LogP contribution in [0.1, 0.15) is 36.2 Å². The predicted octanol–water partition coefficient (Wildman–Crippen LogP) is 4.64. The van der Waals surface area contributed by atoms with Gasteiger partial charge in [-0.3, -0.25) is 14.3 Å². The third-order valence-electron chi connectivity index (χ3n) is 4.53. The van der Waals surface area contributed by atoms with Gasteiger partial charge in [0.25, 0.3) is 0 Å². The average molecular weight is 416 g/mol. The smallest absolute Gasteiger partial charge is 0.387 e. The normalized spacial score (nSPS) is 14.8. The third-order valence-corrected chi connectivity index (χ3v) is 5.59. The molecule has 0 radical (unpaired) electrons. The third kappa shape index (κ3) is 4.45. The van der Waals surface area contributed by atoms with Crippen molar-refractivity contribution in [1.82, 2.24) is 19.7 Å². The molecule has 2 aromatic heterocycles. The number of rotatable bonds is 8. The van der Waals surface area contributed by atoms with Crippen LogP contribution in [0.2, 0.25) is 0 Å². The Morgan fingerprint density at radius 1 is 1.14 bits per heavy atom. The quantitative estimate of drug-likeness (QED) is 0.394. The van der Waals surface area contributed by atoms with Crippen LogP contribution in [0.25, 0.3) is 11.4 Å². The van der Waals surface area contributed by atoms with Crippen molar-refractivity contribution >= 4 is 17.5 Å². The molecule has 3 aromatic rings. The first kappa shape index (κ1) is 19.5. The second-order valence-corrected chi connectivity index (χ2v) is 7.98. The van der Waals surface area contributed by atoms with E-state index in [9.17, 15) is 13.6 Å². The molecule has 0 saturated heterocycles. The molecule has 9 heteroatoms. The van der Waals surface area contributed by atoms with Crippen LogP contribution in [0.3, 0.4) is 0 Å². The number of alkyl halides is 2. The molecule has 2 heterocycles. The number of ether oxygens (including phenoxy) is 1. The summed E-state index contributed by atoms with van der Waals surface area (Å²) in [6, 6.07) is 9.82. The molecule has 1 fully saturated rings. The van der Waals surface area contributed by atoms with E-state index in [1.54, 1.807) is 19.3 Å². The van der Waals surface area contributed by atoms with E-state index in [1.165, 1.54) is 36.0 Å². The maximum Gasteiger partial charge on any atom is 0.387 e. The number of ketones is 1. The number of Topliss-reactive ketones (excluding diaryl/α,β-unsaturated/α-hetero) is 1. The molecule has 0 spiro atoms. The number of thioether (sulfide) groups is 1. The molecular formula is C20H18F2N4O2S. The first-order chi connectivity index (χ1) is 14.0. The van der Waals surface area contributed by atoms with Crippen molar-refractivity contribution in [2.24, 2.45) is 0 Å². The fraction of sp³-hybridized carbons (Fsp3) is 0.300. The number of benzene rings is 1. The molecule has 4 rings (SSSR count). The summed E-state index contributed by atoms with van der Waals surface area (Å²) >= 11 is 1.34. The van der Waals surface area contributed by atoms with Gasteiger partial charge in [-0.05, 0) is 56.2 Å². The molecule has 0 N–H and O–H groups in total. The number of nitrogens with zero attached hydrogens (tertiary/aromatic N) is 4. The summed E-state index contributed by atoms with van der Waals surface area (Å²) in [7, 11) is 0. The highest BCUT2D eigenvalue weighted by molar-refractivity contribution is 8.00. The number of aromatic nitrogens is 4. The Balaban J connectivity index is 1.52. The Morgan fingerprint density at radius 3 is 2.45 bits per heavy atom. The summed E-state index contributed by atoms with van der Waals surface area (Å²) < 4.78 is 31.0. The standard InChI is InChI=1S/C20H18F2N4O2S/c1-12(17(27)13-2-6-16(7-3-13)28-19(21)22)29-20-25-24-18(26(20)15-4-5-15)14-8-10-23-11-9-14/h2-3,6-12,15,19H,4-5H2,1H3/t12-/m1/s1. The molecule has 0 amide bonds. The fourth-order valence-electron chi connectivity index (χ4n) is 2.96. The predicted molar refractivity (Wildman–Crippen MR) is 104 cm³/mol. The molecule has 1 atom stereocenters.